The van der Waals surface area contributed by atoms with E-state index in [4.69, 9.17) is 32.7 Å². The normalized spacial score (nSPS) is 13.6. The van der Waals surface area contributed by atoms with Crippen molar-refractivity contribution in [3.8, 4) is 11.5 Å². The Kier molecular flexibility index (Phi) is 7.23. The molecule has 0 fully saturated rings. The molecule has 0 spiro atoms. The van der Waals surface area contributed by atoms with Gasteiger partial charge in [-0.15, -0.1) is 0 Å². The van der Waals surface area contributed by atoms with E-state index in [9.17, 15) is 13.2 Å². The maximum Gasteiger partial charge on any atom is 0.242 e. The molecule has 2 N–H and O–H groups in total. The highest BCUT2D eigenvalue weighted by atomic mass is 35.5. The van der Waals surface area contributed by atoms with E-state index in [1.54, 1.807) is 24.3 Å². The van der Waals surface area contributed by atoms with E-state index < -0.39 is 10.0 Å². The first kappa shape index (κ1) is 21.7. The van der Waals surface area contributed by atoms with Crippen LogP contribution >= 0.6 is 23.2 Å². The average Bonchev–Trinajstić information content (AvgIpc) is 2.92. The number of nitrogens with one attached hydrogen (secondary N) is 2. The van der Waals surface area contributed by atoms with Gasteiger partial charge in [0.15, 0.2) is 11.5 Å². The van der Waals surface area contributed by atoms with Crippen molar-refractivity contribution in [1.82, 2.24) is 10.0 Å². The first-order valence-electron chi connectivity index (χ1n) is 8.96. The van der Waals surface area contributed by atoms with E-state index in [1.807, 2.05) is 0 Å². The molecule has 2 aromatic rings. The molecule has 7 nitrogen and oxygen atoms in total. The van der Waals surface area contributed by atoms with Crippen LogP contribution in [0.25, 0.3) is 0 Å². The quantitative estimate of drug-likeness (QED) is 0.664. The summed E-state index contributed by atoms with van der Waals surface area (Å²) in [4.78, 5) is 12.0. The zero-order chi connectivity index (χ0) is 20.9. The number of halogens is 2. The van der Waals surface area contributed by atoms with Crippen molar-refractivity contribution in [2.45, 2.75) is 24.3 Å². The van der Waals surface area contributed by atoms with Crippen LogP contribution in [0.1, 0.15) is 18.4 Å². The van der Waals surface area contributed by atoms with Gasteiger partial charge in [-0.2, -0.15) is 0 Å². The maximum atomic E-state index is 12.2. The molecule has 156 valence electrons. The van der Waals surface area contributed by atoms with Crippen molar-refractivity contribution in [2.24, 2.45) is 0 Å². The zero-order valence-corrected chi connectivity index (χ0v) is 17.7. The average molecular weight is 459 g/mol. The molecule has 2 aromatic carbocycles. The number of hydrogen-bond donors (Lipinski definition) is 2. The fourth-order valence-corrected chi connectivity index (χ4v) is 4.55. The van der Waals surface area contributed by atoms with Crippen molar-refractivity contribution < 1.29 is 22.7 Å². The lowest BCUT2D eigenvalue weighted by Crippen LogP contribution is -2.30. The minimum absolute atomic E-state index is 0.0242. The van der Waals surface area contributed by atoms with E-state index in [2.05, 4.69) is 10.0 Å². The summed E-state index contributed by atoms with van der Waals surface area (Å²) < 4.78 is 38.1. The number of carbonyl (C=O) groups excluding carboxylic acids is 1. The topological polar surface area (TPSA) is 93.7 Å². The molecular formula is C19H20Cl2N2O5S. The SMILES string of the molecule is O=C(CCNS(=O)(=O)c1ccccc1Cl)NCc1cc(Cl)c2c(c1)OCCCO2. The molecule has 3 rings (SSSR count). The van der Waals surface area contributed by atoms with Gasteiger partial charge in [-0.25, -0.2) is 13.1 Å². The fraction of sp³-hybridized carbons (Fsp3) is 0.316. The number of fused-ring (bicyclic) bond motifs is 1. The molecule has 0 aliphatic carbocycles. The Hall–Kier alpha value is -2.00. The van der Waals surface area contributed by atoms with Gasteiger partial charge in [0.05, 0.1) is 23.3 Å². The Morgan fingerprint density at radius 2 is 1.83 bits per heavy atom. The highest BCUT2D eigenvalue weighted by molar-refractivity contribution is 7.89. The molecular weight excluding hydrogens is 439 g/mol. The first-order valence-corrected chi connectivity index (χ1v) is 11.2. The second-order valence-corrected chi connectivity index (χ2v) is 8.86. The smallest absolute Gasteiger partial charge is 0.242 e. The summed E-state index contributed by atoms with van der Waals surface area (Å²) in [6.07, 6.45) is 0.739. The van der Waals surface area contributed by atoms with Gasteiger partial charge >= 0.3 is 0 Å². The molecule has 0 unspecified atom stereocenters. The molecule has 0 aromatic heterocycles. The van der Waals surface area contributed by atoms with Crippen LogP contribution in [0.2, 0.25) is 10.0 Å². The summed E-state index contributed by atoms with van der Waals surface area (Å²) in [5, 5.41) is 3.27. The van der Waals surface area contributed by atoms with Crippen LogP contribution < -0.4 is 19.5 Å². The van der Waals surface area contributed by atoms with Gasteiger partial charge in [-0.1, -0.05) is 35.3 Å². The van der Waals surface area contributed by atoms with E-state index in [0.29, 0.717) is 29.7 Å². The largest absolute Gasteiger partial charge is 0.489 e. The van der Waals surface area contributed by atoms with Crippen LogP contribution in [0.4, 0.5) is 0 Å². The minimum atomic E-state index is -3.78. The second kappa shape index (κ2) is 9.67. The van der Waals surface area contributed by atoms with Crippen molar-refractivity contribution in [1.29, 1.82) is 0 Å². The Morgan fingerprint density at radius 3 is 2.62 bits per heavy atom. The van der Waals surface area contributed by atoms with Crippen molar-refractivity contribution >= 4 is 39.1 Å². The van der Waals surface area contributed by atoms with Crippen molar-refractivity contribution in [3.05, 3.63) is 52.0 Å². The highest BCUT2D eigenvalue weighted by Crippen LogP contribution is 2.37. The van der Waals surface area contributed by atoms with E-state index in [1.165, 1.54) is 12.1 Å². The summed E-state index contributed by atoms with van der Waals surface area (Å²) >= 11 is 12.1. The Labute approximate surface area is 179 Å². The Morgan fingerprint density at radius 1 is 1.07 bits per heavy atom. The molecule has 0 saturated carbocycles. The van der Waals surface area contributed by atoms with Crippen molar-refractivity contribution in [3.63, 3.8) is 0 Å². The Balaban J connectivity index is 1.51. The number of hydrogen-bond acceptors (Lipinski definition) is 5. The summed E-state index contributed by atoms with van der Waals surface area (Å²) in [7, 11) is -3.78. The van der Waals surface area contributed by atoms with E-state index >= 15 is 0 Å². The predicted octanol–water partition coefficient (Wildman–Crippen LogP) is 3.14. The zero-order valence-electron chi connectivity index (χ0n) is 15.4. The predicted molar refractivity (Wildman–Crippen MR) is 110 cm³/mol. The number of sulfonamides is 1. The molecule has 0 atom stereocenters. The van der Waals surface area contributed by atoms with Crippen LogP contribution in [0.5, 0.6) is 11.5 Å². The van der Waals surface area contributed by atoms with Crippen LogP contribution in [0.15, 0.2) is 41.3 Å². The molecule has 1 aliphatic rings. The molecule has 1 amide bonds. The first-order chi connectivity index (χ1) is 13.9. The van der Waals surface area contributed by atoms with Crippen LogP contribution in [-0.2, 0) is 21.4 Å². The van der Waals surface area contributed by atoms with E-state index in [-0.39, 0.29) is 35.3 Å². The van der Waals surface area contributed by atoms with Crippen LogP contribution in [0.3, 0.4) is 0 Å². The molecule has 0 bridgehead atoms. The third-order valence-corrected chi connectivity index (χ3v) is 6.36. The third kappa shape index (κ3) is 5.76. The molecule has 10 heteroatoms. The van der Waals surface area contributed by atoms with Gasteiger partial charge in [0.1, 0.15) is 4.90 Å². The van der Waals surface area contributed by atoms with Gasteiger partial charge in [-0.05, 0) is 29.8 Å². The number of benzene rings is 2. The molecule has 0 radical (unpaired) electrons. The lowest BCUT2D eigenvalue weighted by Gasteiger charge is -2.12. The summed E-state index contributed by atoms with van der Waals surface area (Å²) in [5.41, 5.74) is 0.754. The number of rotatable bonds is 7. The summed E-state index contributed by atoms with van der Waals surface area (Å²) in [5.74, 6) is 0.745. The lowest BCUT2D eigenvalue weighted by molar-refractivity contribution is -0.121. The number of carbonyl (C=O) groups is 1. The van der Waals surface area contributed by atoms with Gasteiger partial charge in [0, 0.05) is 25.9 Å². The van der Waals surface area contributed by atoms with E-state index in [0.717, 1.165) is 12.0 Å². The van der Waals surface area contributed by atoms with Gasteiger partial charge < -0.3 is 14.8 Å². The number of ether oxygens (including phenoxy) is 2. The molecule has 1 aliphatic heterocycles. The fourth-order valence-electron chi connectivity index (χ4n) is 2.71. The standard InChI is InChI=1S/C19H20Cl2N2O5S/c20-14-4-1-2-5-17(14)29(25,26)23-7-6-18(24)22-12-13-10-15(21)19-16(11-13)27-8-3-9-28-19/h1-2,4-5,10-11,23H,3,6-9,12H2,(H,22,24). The minimum Gasteiger partial charge on any atom is -0.489 e. The van der Waals surface area contributed by atoms with Crippen molar-refractivity contribution in [2.75, 3.05) is 19.8 Å². The van der Waals surface area contributed by atoms with Gasteiger partial charge in [-0.3, -0.25) is 4.79 Å². The lowest BCUT2D eigenvalue weighted by atomic mass is 10.2. The second-order valence-electron chi connectivity index (χ2n) is 6.31. The third-order valence-electron chi connectivity index (χ3n) is 4.12. The highest BCUT2D eigenvalue weighted by Gasteiger charge is 2.18. The maximum absolute atomic E-state index is 12.2. The van der Waals surface area contributed by atoms with Crippen LogP contribution in [-0.4, -0.2) is 34.1 Å². The Bertz CT molecular complexity index is 998. The summed E-state index contributed by atoms with van der Waals surface area (Å²) in [6.45, 7) is 1.24. The van der Waals surface area contributed by atoms with Gasteiger partial charge in [0.2, 0.25) is 15.9 Å². The van der Waals surface area contributed by atoms with Crippen LogP contribution in [0, 0.1) is 0 Å². The van der Waals surface area contributed by atoms with Gasteiger partial charge in [0.25, 0.3) is 0 Å². The molecule has 29 heavy (non-hydrogen) atoms. The molecule has 1 heterocycles. The molecule has 0 saturated heterocycles. The summed E-state index contributed by atoms with van der Waals surface area (Å²) in [6, 6.07) is 9.58. The monoisotopic (exact) mass is 458 g/mol. The number of amides is 1.